The Labute approximate surface area is 113 Å². The summed E-state index contributed by atoms with van der Waals surface area (Å²) in [7, 11) is 0. The largest absolute Gasteiger partial charge is 0.305 e. The third-order valence-corrected chi connectivity index (χ3v) is 4.53. The van der Waals surface area contributed by atoms with Gasteiger partial charge >= 0.3 is 0 Å². The quantitative estimate of drug-likeness (QED) is 0.876. The van der Waals surface area contributed by atoms with Crippen LogP contribution in [-0.2, 0) is 6.54 Å². The van der Waals surface area contributed by atoms with Crippen LogP contribution in [0.15, 0.2) is 40.2 Å². The molecule has 2 aromatic rings. The zero-order valence-electron chi connectivity index (χ0n) is 9.41. The summed E-state index contributed by atoms with van der Waals surface area (Å²) < 4.78 is 14.2. The average Bonchev–Trinajstić information content (AvgIpc) is 2.72. The maximum absolute atomic E-state index is 13.1. The fraction of sp³-hybridized carbons (Fsp3) is 0.231. The van der Waals surface area contributed by atoms with E-state index in [1.807, 2.05) is 24.4 Å². The van der Waals surface area contributed by atoms with Crippen LogP contribution in [0, 0.1) is 5.82 Å². The highest BCUT2D eigenvalue weighted by molar-refractivity contribution is 9.10. The Morgan fingerprint density at radius 1 is 1.41 bits per heavy atom. The summed E-state index contributed by atoms with van der Waals surface area (Å²) in [6, 6.07) is 8.88. The standard InChI is InChI=1S/C13H13BrFNS/c1-9(10-3-2-4-11(15)7-10)16-8-13-12(14)5-6-17-13/h2-7,9,16H,8H2,1H3. The molecule has 1 nitrogen and oxygen atoms in total. The molecule has 0 aliphatic heterocycles. The molecule has 1 atom stereocenters. The van der Waals surface area contributed by atoms with E-state index in [1.54, 1.807) is 23.5 Å². The van der Waals surface area contributed by atoms with Crippen LogP contribution in [0.25, 0.3) is 0 Å². The van der Waals surface area contributed by atoms with Crippen LogP contribution in [0.3, 0.4) is 0 Å². The fourth-order valence-electron chi connectivity index (χ4n) is 1.59. The number of thiophene rings is 1. The van der Waals surface area contributed by atoms with Crippen molar-refractivity contribution in [2.75, 3.05) is 0 Å². The minimum Gasteiger partial charge on any atom is -0.305 e. The Morgan fingerprint density at radius 3 is 2.88 bits per heavy atom. The van der Waals surface area contributed by atoms with Gasteiger partial charge in [0.05, 0.1) is 0 Å². The van der Waals surface area contributed by atoms with E-state index >= 15 is 0 Å². The van der Waals surface area contributed by atoms with E-state index in [0.29, 0.717) is 0 Å². The summed E-state index contributed by atoms with van der Waals surface area (Å²) in [5.41, 5.74) is 0.970. The number of halogens is 2. The SMILES string of the molecule is CC(NCc1sccc1Br)c1cccc(F)c1. The first kappa shape index (κ1) is 12.7. The lowest BCUT2D eigenvalue weighted by molar-refractivity contribution is 0.568. The molecule has 90 valence electrons. The van der Waals surface area contributed by atoms with E-state index in [2.05, 4.69) is 21.2 Å². The lowest BCUT2D eigenvalue weighted by atomic mass is 10.1. The minimum atomic E-state index is -0.187. The molecule has 0 spiro atoms. The highest BCUT2D eigenvalue weighted by Crippen LogP contribution is 2.23. The molecule has 1 aromatic heterocycles. The molecule has 0 saturated heterocycles. The number of benzene rings is 1. The van der Waals surface area contributed by atoms with Crippen molar-refractivity contribution in [3.05, 3.63) is 56.4 Å². The van der Waals surface area contributed by atoms with Gasteiger partial charge in [-0.05, 0) is 52.0 Å². The zero-order valence-corrected chi connectivity index (χ0v) is 11.8. The molecule has 0 amide bonds. The molecule has 0 fully saturated rings. The van der Waals surface area contributed by atoms with Crippen LogP contribution < -0.4 is 5.32 Å². The maximum Gasteiger partial charge on any atom is 0.123 e. The summed E-state index contributed by atoms with van der Waals surface area (Å²) in [5.74, 6) is -0.187. The van der Waals surface area contributed by atoms with Crippen LogP contribution >= 0.6 is 27.3 Å². The molecule has 0 aliphatic rings. The average molecular weight is 314 g/mol. The summed E-state index contributed by atoms with van der Waals surface area (Å²) >= 11 is 5.20. The minimum absolute atomic E-state index is 0.139. The van der Waals surface area contributed by atoms with Crippen LogP contribution in [0.5, 0.6) is 0 Å². The predicted octanol–water partition coefficient (Wildman–Crippen LogP) is 4.50. The molecule has 0 aliphatic carbocycles. The maximum atomic E-state index is 13.1. The molecule has 2 rings (SSSR count). The molecular weight excluding hydrogens is 301 g/mol. The normalized spacial score (nSPS) is 12.6. The second-order valence-electron chi connectivity index (χ2n) is 3.85. The first-order valence-corrected chi connectivity index (χ1v) is 7.05. The summed E-state index contributed by atoms with van der Waals surface area (Å²) in [5, 5.41) is 5.43. The van der Waals surface area contributed by atoms with Gasteiger partial charge in [-0.15, -0.1) is 11.3 Å². The van der Waals surface area contributed by atoms with Crippen molar-refractivity contribution in [1.29, 1.82) is 0 Å². The van der Waals surface area contributed by atoms with E-state index in [1.165, 1.54) is 10.9 Å². The Bertz CT molecular complexity index is 498. The summed E-state index contributed by atoms with van der Waals surface area (Å²) in [4.78, 5) is 1.26. The molecule has 1 unspecified atom stereocenters. The van der Waals surface area contributed by atoms with Gasteiger partial charge in [-0.2, -0.15) is 0 Å². The van der Waals surface area contributed by atoms with E-state index in [4.69, 9.17) is 0 Å². The van der Waals surface area contributed by atoms with Gasteiger partial charge in [0.25, 0.3) is 0 Å². The van der Waals surface area contributed by atoms with Crippen molar-refractivity contribution in [1.82, 2.24) is 5.32 Å². The lowest BCUT2D eigenvalue weighted by Crippen LogP contribution is -2.17. The molecule has 1 aromatic carbocycles. The van der Waals surface area contributed by atoms with Crippen molar-refractivity contribution in [2.45, 2.75) is 19.5 Å². The van der Waals surface area contributed by atoms with Gasteiger partial charge in [0.15, 0.2) is 0 Å². The van der Waals surface area contributed by atoms with Gasteiger partial charge in [0, 0.05) is 21.9 Å². The smallest absolute Gasteiger partial charge is 0.123 e. The van der Waals surface area contributed by atoms with E-state index in [9.17, 15) is 4.39 Å². The topological polar surface area (TPSA) is 12.0 Å². The van der Waals surface area contributed by atoms with Crippen LogP contribution in [0.2, 0.25) is 0 Å². The molecule has 1 heterocycles. The molecule has 4 heteroatoms. The van der Waals surface area contributed by atoms with Crippen molar-refractivity contribution < 1.29 is 4.39 Å². The third-order valence-electron chi connectivity index (χ3n) is 2.61. The van der Waals surface area contributed by atoms with Crippen molar-refractivity contribution in [2.24, 2.45) is 0 Å². The Balaban J connectivity index is 1.98. The van der Waals surface area contributed by atoms with Gasteiger partial charge in [-0.1, -0.05) is 12.1 Å². The molecule has 17 heavy (non-hydrogen) atoms. The first-order valence-electron chi connectivity index (χ1n) is 5.37. The Morgan fingerprint density at radius 2 is 2.24 bits per heavy atom. The zero-order chi connectivity index (χ0) is 12.3. The summed E-state index contributed by atoms with van der Waals surface area (Å²) in [6.45, 7) is 2.83. The van der Waals surface area contributed by atoms with Crippen molar-refractivity contribution in [3.8, 4) is 0 Å². The monoisotopic (exact) mass is 313 g/mol. The molecule has 1 N–H and O–H groups in total. The molecule has 0 radical (unpaired) electrons. The fourth-order valence-corrected chi connectivity index (χ4v) is 3.03. The Hall–Kier alpha value is -0.710. The third kappa shape index (κ3) is 3.37. The molecular formula is C13H13BrFNS. The number of hydrogen-bond acceptors (Lipinski definition) is 2. The van der Waals surface area contributed by atoms with Gasteiger partial charge in [0.1, 0.15) is 5.82 Å². The highest BCUT2D eigenvalue weighted by Gasteiger charge is 2.07. The van der Waals surface area contributed by atoms with Crippen LogP contribution in [0.1, 0.15) is 23.4 Å². The van der Waals surface area contributed by atoms with E-state index < -0.39 is 0 Å². The van der Waals surface area contributed by atoms with Gasteiger partial charge in [0.2, 0.25) is 0 Å². The molecule has 0 bridgehead atoms. The van der Waals surface area contributed by atoms with Gasteiger partial charge in [-0.25, -0.2) is 4.39 Å². The second kappa shape index (κ2) is 5.76. The van der Waals surface area contributed by atoms with Crippen LogP contribution in [-0.4, -0.2) is 0 Å². The lowest BCUT2D eigenvalue weighted by Gasteiger charge is -2.13. The van der Waals surface area contributed by atoms with E-state index in [0.717, 1.165) is 16.6 Å². The van der Waals surface area contributed by atoms with Gasteiger partial charge < -0.3 is 5.32 Å². The highest BCUT2D eigenvalue weighted by atomic mass is 79.9. The van der Waals surface area contributed by atoms with Crippen molar-refractivity contribution >= 4 is 27.3 Å². The first-order chi connectivity index (χ1) is 8.16. The number of rotatable bonds is 4. The predicted molar refractivity (Wildman–Crippen MR) is 73.7 cm³/mol. The van der Waals surface area contributed by atoms with E-state index in [-0.39, 0.29) is 11.9 Å². The second-order valence-corrected chi connectivity index (χ2v) is 5.70. The van der Waals surface area contributed by atoms with Gasteiger partial charge in [-0.3, -0.25) is 0 Å². The van der Waals surface area contributed by atoms with Crippen molar-refractivity contribution in [3.63, 3.8) is 0 Å². The molecule has 0 saturated carbocycles. The summed E-state index contributed by atoms with van der Waals surface area (Å²) in [6.07, 6.45) is 0. The number of nitrogens with one attached hydrogen (secondary N) is 1. The Kier molecular flexibility index (Phi) is 4.31. The number of hydrogen-bond donors (Lipinski definition) is 1. The van der Waals surface area contributed by atoms with Crippen LogP contribution in [0.4, 0.5) is 4.39 Å².